The first-order valence-electron chi connectivity index (χ1n) is 6.65. The van der Waals surface area contributed by atoms with Gasteiger partial charge in [-0.1, -0.05) is 0 Å². The molecule has 1 amide bonds. The SMILES string of the molecule is Cc1oc(NC(=O)CN2CCO[C@@H](C)C2)c(C#N)c1C. The number of nitrogens with one attached hydrogen (secondary N) is 1. The zero-order chi connectivity index (χ0) is 14.7. The molecule has 108 valence electrons. The maximum absolute atomic E-state index is 12.0. The summed E-state index contributed by atoms with van der Waals surface area (Å²) in [4.78, 5) is 14.0. The van der Waals surface area contributed by atoms with E-state index in [-0.39, 0.29) is 24.4 Å². The highest BCUT2D eigenvalue weighted by molar-refractivity contribution is 5.92. The minimum absolute atomic E-state index is 0.138. The first-order chi connectivity index (χ1) is 9.51. The van der Waals surface area contributed by atoms with Crippen molar-refractivity contribution in [2.45, 2.75) is 26.9 Å². The van der Waals surface area contributed by atoms with E-state index < -0.39 is 0 Å². The number of morpholine rings is 1. The second-order valence-electron chi connectivity index (χ2n) is 5.06. The average molecular weight is 277 g/mol. The van der Waals surface area contributed by atoms with Crippen LogP contribution >= 0.6 is 0 Å². The number of anilines is 1. The molecule has 2 rings (SSSR count). The number of aryl methyl sites for hydroxylation is 1. The predicted molar refractivity (Wildman–Crippen MR) is 73.4 cm³/mol. The Morgan fingerprint density at radius 3 is 2.95 bits per heavy atom. The fourth-order valence-corrected chi connectivity index (χ4v) is 2.25. The molecule has 20 heavy (non-hydrogen) atoms. The smallest absolute Gasteiger partial charge is 0.240 e. The Hall–Kier alpha value is -1.84. The normalized spacial score (nSPS) is 19.6. The van der Waals surface area contributed by atoms with E-state index in [4.69, 9.17) is 14.4 Å². The van der Waals surface area contributed by atoms with Crippen LogP contribution in [0.2, 0.25) is 0 Å². The molecule has 0 saturated carbocycles. The van der Waals surface area contributed by atoms with Gasteiger partial charge in [-0.3, -0.25) is 15.0 Å². The van der Waals surface area contributed by atoms with Gasteiger partial charge in [0, 0.05) is 18.7 Å². The lowest BCUT2D eigenvalue weighted by Crippen LogP contribution is -2.44. The number of furan rings is 1. The first-order valence-corrected chi connectivity index (χ1v) is 6.65. The third-order valence-corrected chi connectivity index (χ3v) is 3.44. The molecule has 6 heteroatoms. The highest BCUT2D eigenvalue weighted by Gasteiger charge is 2.21. The molecule has 0 aliphatic carbocycles. The lowest BCUT2D eigenvalue weighted by atomic mass is 10.2. The van der Waals surface area contributed by atoms with Crippen LogP contribution < -0.4 is 5.32 Å². The third-order valence-electron chi connectivity index (χ3n) is 3.44. The van der Waals surface area contributed by atoms with Gasteiger partial charge in [0.25, 0.3) is 0 Å². The lowest BCUT2D eigenvalue weighted by Gasteiger charge is -2.30. The fourth-order valence-electron chi connectivity index (χ4n) is 2.25. The lowest BCUT2D eigenvalue weighted by molar-refractivity contribution is -0.119. The second-order valence-corrected chi connectivity index (χ2v) is 5.06. The molecular weight excluding hydrogens is 258 g/mol. The largest absolute Gasteiger partial charge is 0.444 e. The number of amides is 1. The molecule has 1 N–H and O–H groups in total. The van der Waals surface area contributed by atoms with Crippen molar-refractivity contribution in [3.63, 3.8) is 0 Å². The number of nitriles is 1. The summed E-state index contributed by atoms with van der Waals surface area (Å²) < 4.78 is 10.8. The van der Waals surface area contributed by atoms with E-state index in [9.17, 15) is 4.79 Å². The van der Waals surface area contributed by atoms with Crippen molar-refractivity contribution in [3.8, 4) is 6.07 Å². The van der Waals surface area contributed by atoms with Crippen LogP contribution in [0, 0.1) is 25.2 Å². The highest BCUT2D eigenvalue weighted by atomic mass is 16.5. The Morgan fingerprint density at radius 2 is 2.30 bits per heavy atom. The first kappa shape index (κ1) is 14.6. The Kier molecular flexibility index (Phi) is 4.42. The molecular formula is C14H19N3O3. The number of carbonyl (C=O) groups is 1. The van der Waals surface area contributed by atoms with Crippen LogP contribution in [0.3, 0.4) is 0 Å². The van der Waals surface area contributed by atoms with Gasteiger partial charge in [-0.05, 0) is 20.8 Å². The summed E-state index contributed by atoms with van der Waals surface area (Å²) in [6.45, 7) is 7.94. The van der Waals surface area contributed by atoms with E-state index >= 15 is 0 Å². The molecule has 0 radical (unpaired) electrons. The van der Waals surface area contributed by atoms with Gasteiger partial charge in [0.2, 0.25) is 11.8 Å². The van der Waals surface area contributed by atoms with E-state index in [1.54, 1.807) is 13.8 Å². The molecule has 1 fully saturated rings. The van der Waals surface area contributed by atoms with Gasteiger partial charge < -0.3 is 9.15 Å². The molecule has 1 aliphatic rings. The fraction of sp³-hybridized carbons (Fsp3) is 0.571. The van der Waals surface area contributed by atoms with Crippen LogP contribution in [0.15, 0.2) is 4.42 Å². The Morgan fingerprint density at radius 1 is 1.55 bits per heavy atom. The van der Waals surface area contributed by atoms with Crippen molar-refractivity contribution in [1.29, 1.82) is 5.26 Å². The van der Waals surface area contributed by atoms with Gasteiger partial charge in [0.1, 0.15) is 17.4 Å². The van der Waals surface area contributed by atoms with Crippen LogP contribution in [-0.4, -0.2) is 43.2 Å². The van der Waals surface area contributed by atoms with Crippen molar-refractivity contribution in [2.75, 3.05) is 31.6 Å². The molecule has 0 unspecified atom stereocenters. The highest BCUT2D eigenvalue weighted by Crippen LogP contribution is 2.25. The molecule has 0 bridgehead atoms. The standard InChI is InChI=1S/C14H19N3O3/c1-9-7-17(4-5-19-9)8-13(18)16-14-12(6-15)10(2)11(3)20-14/h9H,4-5,7-8H2,1-3H3,(H,16,18)/t9-/m0/s1. The van der Waals surface area contributed by atoms with Crippen molar-refractivity contribution < 1.29 is 13.9 Å². The maximum Gasteiger partial charge on any atom is 0.240 e. The molecule has 1 aromatic heterocycles. The van der Waals surface area contributed by atoms with Gasteiger partial charge in [-0.2, -0.15) is 5.26 Å². The van der Waals surface area contributed by atoms with Crippen LogP contribution in [0.25, 0.3) is 0 Å². The number of rotatable bonds is 3. The number of hydrogen-bond donors (Lipinski definition) is 1. The van der Waals surface area contributed by atoms with Crippen LogP contribution in [0.1, 0.15) is 23.8 Å². The quantitative estimate of drug-likeness (QED) is 0.904. The Balaban J connectivity index is 1.98. The van der Waals surface area contributed by atoms with E-state index in [2.05, 4.69) is 11.4 Å². The molecule has 1 atom stereocenters. The van der Waals surface area contributed by atoms with Gasteiger partial charge in [0.15, 0.2) is 0 Å². The number of nitrogens with zero attached hydrogens (tertiary/aromatic N) is 2. The van der Waals surface area contributed by atoms with E-state index in [0.29, 0.717) is 17.9 Å². The summed E-state index contributed by atoms with van der Waals surface area (Å²) in [5.41, 5.74) is 1.16. The Bertz CT molecular complexity index is 545. The minimum atomic E-state index is -0.177. The molecule has 0 spiro atoms. The van der Waals surface area contributed by atoms with E-state index in [1.165, 1.54) is 0 Å². The minimum Gasteiger partial charge on any atom is -0.444 e. The number of carbonyl (C=O) groups excluding carboxylic acids is 1. The average Bonchev–Trinajstić information content (AvgIpc) is 2.64. The number of ether oxygens (including phenoxy) is 1. The monoisotopic (exact) mass is 277 g/mol. The predicted octanol–water partition coefficient (Wildman–Crippen LogP) is 1.43. The molecule has 1 saturated heterocycles. The van der Waals surface area contributed by atoms with Gasteiger partial charge >= 0.3 is 0 Å². The number of hydrogen-bond acceptors (Lipinski definition) is 5. The van der Waals surface area contributed by atoms with Gasteiger partial charge in [-0.15, -0.1) is 0 Å². The Labute approximate surface area is 118 Å². The second kappa shape index (κ2) is 6.07. The topological polar surface area (TPSA) is 78.5 Å². The zero-order valence-corrected chi connectivity index (χ0v) is 12.0. The van der Waals surface area contributed by atoms with Crippen molar-refractivity contribution in [2.24, 2.45) is 0 Å². The van der Waals surface area contributed by atoms with Crippen molar-refractivity contribution in [1.82, 2.24) is 4.90 Å². The molecule has 6 nitrogen and oxygen atoms in total. The summed E-state index contributed by atoms with van der Waals surface area (Å²) in [5, 5.41) is 11.8. The summed E-state index contributed by atoms with van der Waals surface area (Å²) in [5.74, 6) is 0.718. The summed E-state index contributed by atoms with van der Waals surface area (Å²) in [7, 11) is 0. The van der Waals surface area contributed by atoms with Gasteiger partial charge in [0.05, 0.1) is 19.3 Å². The van der Waals surface area contributed by atoms with Crippen LogP contribution in [-0.2, 0) is 9.53 Å². The third kappa shape index (κ3) is 3.18. The maximum atomic E-state index is 12.0. The van der Waals surface area contributed by atoms with E-state index in [0.717, 1.165) is 18.7 Å². The molecule has 1 aromatic rings. The zero-order valence-electron chi connectivity index (χ0n) is 12.0. The van der Waals surface area contributed by atoms with Crippen LogP contribution in [0.4, 0.5) is 5.88 Å². The summed E-state index contributed by atoms with van der Waals surface area (Å²) in [6, 6.07) is 2.06. The summed E-state index contributed by atoms with van der Waals surface area (Å²) >= 11 is 0. The van der Waals surface area contributed by atoms with Crippen molar-refractivity contribution in [3.05, 3.63) is 16.9 Å². The van der Waals surface area contributed by atoms with Crippen molar-refractivity contribution >= 4 is 11.8 Å². The van der Waals surface area contributed by atoms with E-state index in [1.807, 2.05) is 11.8 Å². The van der Waals surface area contributed by atoms with Gasteiger partial charge in [-0.25, -0.2) is 0 Å². The summed E-state index contributed by atoms with van der Waals surface area (Å²) in [6.07, 6.45) is 0.138. The molecule has 0 aromatic carbocycles. The molecule has 1 aliphatic heterocycles. The van der Waals surface area contributed by atoms with Crippen LogP contribution in [0.5, 0.6) is 0 Å². The molecule has 2 heterocycles.